The predicted molar refractivity (Wildman–Crippen MR) is 123 cm³/mol. The summed E-state index contributed by atoms with van der Waals surface area (Å²) < 4.78 is 1.59. The second kappa shape index (κ2) is 8.00. The molecule has 5 rings (SSSR count). The molecule has 1 aliphatic heterocycles. The maximum atomic E-state index is 13.6. The summed E-state index contributed by atoms with van der Waals surface area (Å²) in [5, 5.41) is 1.68. The predicted octanol–water partition coefficient (Wildman–Crippen LogP) is 4.05. The summed E-state index contributed by atoms with van der Waals surface area (Å²) in [6.45, 7) is 2.84. The number of rotatable bonds is 4. The molecule has 0 atom stereocenters. The van der Waals surface area contributed by atoms with Crippen molar-refractivity contribution in [3.63, 3.8) is 0 Å². The molecule has 0 radical (unpaired) electrons. The number of hydrogen-bond acceptors (Lipinski definition) is 5. The number of aryl methyl sites for hydroxylation is 1. The molecule has 0 spiro atoms. The van der Waals surface area contributed by atoms with E-state index in [1.165, 1.54) is 18.0 Å². The van der Waals surface area contributed by atoms with Crippen LogP contribution < -0.4 is 10.5 Å². The summed E-state index contributed by atoms with van der Waals surface area (Å²) in [5.74, 6) is 0.441. The molecule has 0 fully saturated rings. The number of amides is 1. The smallest absolute Gasteiger partial charge is 0.267 e. The molecule has 0 unspecified atom stereocenters. The molecular formula is C24H20N4O2S. The van der Waals surface area contributed by atoms with Crippen LogP contribution in [0.5, 0.6) is 0 Å². The van der Waals surface area contributed by atoms with Crippen LogP contribution in [0.2, 0.25) is 0 Å². The topological polar surface area (TPSA) is 68.1 Å². The number of aromatic nitrogens is 3. The average molecular weight is 429 g/mol. The van der Waals surface area contributed by atoms with Gasteiger partial charge in [0.25, 0.3) is 11.5 Å². The van der Waals surface area contributed by atoms with Gasteiger partial charge in [-0.05, 0) is 36.2 Å². The van der Waals surface area contributed by atoms with Crippen molar-refractivity contribution < 1.29 is 4.79 Å². The van der Waals surface area contributed by atoms with Crippen LogP contribution in [0.25, 0.3) is 10.9 Å². The maximum absolute atomic E-state index is 13.6. The molecule has 3 heterocycles. The van der Waals surface area contributed by atoms with Crippen LogP contribution in [0, 0.1) is 6.92 Å². The molecule has 7 heteroatoms. The van der Waals surface area contributed by atoms with E-state index in [0.29, 0.717) is 18.2 Å². The molecule has 1 amide bonds. The monoisotopic (exact) mass is 428 g/mol. The van der Waals surface area contributed by atoms with Crippen molar-refractivity contribution in [1.29, 1.82) is 0 Å². The lowest BCUT2D eigenvalue weighted by Gasteiger charge is -2.24. The lowest BCUT2D eigenvalue weighted by atomic mass is 10.1. The van der Waals surface area contributed by atoms with E-state index < -0.39 is 0 Å². The third-order valence-electron chi connectivity index (χ3n) is 5.43. The van der Waals surface area contributed by atoms with Gasteiger partial charge in [0.05, 0.1) is 12.1 Å². The van der Waals surface area contributed by atoms with Crippen LogP contribution >= 0.6 is 11.8 Å². The number of para-hydroxylation sites is 2. The molecule has 1 aliphatic rings. The number of anilines is 1. The molecule has 31 heavy (non-hydrogen) atoms. The Bertz CT molecular complexity index is 1370. The van der Waals surface area contributed by atoms with Gasteiger partial charge in [-0.2, -0.15) is 0 Å². The van der Waals surface area contributed by atoms with Crippen LogP contribution in [0.1, 0.15) is 21.5 Å². The minimum atomic E-state index is -0.354. The Morgan fingerprint density at radius 1 is 1.10 bits per heavy atom. The van der Waals surface area contributed by atoms with Crippen molar-refractivity contribution in [3.8, 4) is 0 Å². The second-order valence-electron chi connectivity index (χ2n) is 7.47. The first-order valence-corrected chi connectivity index (χ1v) is 11.0. The van der Waals surface area contributed by atoms with E-state index in [4.69, 9.17) is 0 Å². The molecule has 0 saturated heterocycles. The van der Waals surface area contributed by atoms with Crippen molar-refractivity contribution in [2.75, 3.05) is 10.7 Å². The van der Waals surface area contributed by atoms with Crippen molar-refractivity contribution in [2.45, 2.75) is 25.2 Å². The number of carbonyl (C=O) groups excluding carboxylic acids is 1. The largest absolute Gasteiger partial charge is 0.303 e. The van der Waals surface area contributed by atoms with E-state index >= 15 is 0 Å². The Hall–Kier alpha value is -3.45. The highest BCUT2D eigenvalue weighted by atomic mass is 32.2. The normalized spacial score (nSPS) is 12.7. The zero-order valence-corrected chi connectivity index (χ0v) is 17.8. The maximum Gasteiger partial charge on any atom is 0.267 e. The Morgan fingerprint density at radius 3 is 2.77 bits per heavy atom. The summed E-state index contributed by atoms with van der Waals surface area (Å²) in [7, 11) is 0. The number of pyridine rings is 1. The lowest BCUT2D eigenvalue weighted by Crippen LogP contribution is -2.37. The van der Waals surface area contributed by atoms with E-state index in [9.17, 15) is 9.59 Å². The van der Waals surface area contributed by atoms with Gasteiger partial charge in [0, 0.05) is 35.8 Å². The zero-order valence-electron chi connectivity index (χ0n) is 17.0. The number of fused-ring (bicyclic) bond motifs is 2. The third-order valence-corrected chi connectivity index (χ3v) is 6.40. The van der Waals surface area contributed by atoms with Gasteiger partial charge in [0.2, 0.25) is 0 Å². The van der Waals surface area contributed by atoms with Crippen molar-refractivity contribution in [2.24, 2.45) is 0 Å². The summed E-state index contributed by atoms with van der Waals surface area (Å²) in [6.07, 6.45) is 3.20. The lowest BCUT2D eigenvalue weighted by molar-refractivity contribution is 0.0982. The Morgan fingerprint density at radius 2 is 1.90 bits per heavy atom. The van der Waals surface area contributed by atoms with Crippen LogP contribution in [-0.4, -0.2) is 26.2 Å². The minimum absolute atomic E-state index is 0.0863. The number of hydrogen-bond donors (Lipinski definition) is 0. The fraction of sp³-hybridized carbons (Fsp3) is 0.167. The molecule has 154 valence electrons. The van der Waals surface area contributed by atoms with Gasteiger partial charge in [-0.1, -0.05) is 48.2 Å². The minimum Gasteiger partial charge on any atom is -0.303 e. The molecule has 0 bridgehead atoms. The highest BCUT2D eigenvalue weighted by Crippen LogP contribution is 2.25. The van der Waals surface area contributed by atoms with Crippen molar-refractivity contribution in [1.82, 2.24) is 14.5 Å². The number of thioether (sulfide) groups is 1. The number of nitrogens with zero attached hydrogens (tertiary/aromatic N) is 4. The van der Waals surface area contributed by atoms with Crippen LogP contribution in [-0.2, 0) is 13.1 Å². The zero-order chi connectivity index (χ0) is 21.4. The van der Waals surface area contributed by atoms with E-state index in [0.717, 1.165) is 33.5 Å². The summed E-state index contributed by atoms with van der Waals surface area (Å²) in [4.78, 5) is 37.2. The fourth-order valence-corrected chi connectivity index (χ4v) is 4.74. The quantitative estimate of drug-likeness (QED) is 0.459. The fourth-order valence-electron chi connectivity index (χ4n) is 3.83. The Kier molecular flexibility index (Phi) is 5.03. The molecule has 6 nitrogen and oxygen atoms in total. The molecule has 0 saturated carbocycles. The Balaban J connectivity index is 1.58. The Labute approximate surface area is 183 Å². The average Bonchev–Trinajstić information content (AvgIpc) is 3.28. The van der Waals surface area contributed by atoms with Gasteiger partial charge in [0.15, 0.2) is 5.16 Å². The van der Waals surface area contributed by atoms with Gasteiger partial charge < -0.3 is 4.90 Å². The molecule has 2 aromatic heterocycles. The molecule has 4 aromatic rings. The van der Waals surface area contributed by atoms with Gasteiger partial charge in [-0.15, -0.1) is 0 Å². The first-order valence-electron chi connectivity index (χ1n) is 10.1. The van der Waals surface area contributed by atoms with E-state index in [1.54, 1.807) is 15.7 Å². The number of benzene rings is 2. The molecule has 2 aromatic carbocycles. The first-order chi connectivity index (χ1) is 15.1. The number of carbonyl (C=O) groups is 1. The van der Waals surface area contributed by atoms with Gasteiger partial charge in [0.1, 0.15) is 5.56 Å². The molecule has 0 N–H and O–H groups in total. The summed E-state index contributed by atoms with van der Waals surface area (Å²) in [6, 6.07) is 17.6. The van der Waals surface area contributed by atoms with E-state index in [2.05, 4.69) is 9.97 Å². The SMILES string of the molecule is Cc1ccccc1N(Cc1cnc2ccccc2c1)C(=O)c1cnc2n(c1=O)CCS2. The van der Waals surface area contributed by atoms with Crippen LogP contribution in [0.4, 0.5) is 5.69 Å². The van der Waals surface area contributed by atoms with E-state index in [-0.39, 0.29) is 17.0 Å². The summed E-state index contributed by atoms with van der Waals surface area (Å²) in [5.41, 5.74) is 3.31. The summed E-state index contributed by atoms with van der Waals surface area (Å²) >= 11 is 1.53. The molecule has 0 aliphatic carbocycles. The van der Waals surface area contributed by atoms with Gasteiger partial charge in [-0.25, -0.2) is 4.98 Å². The van der Waals surface area contributed by atoms with Crippen molar-refractivity contribution in [3.05, 3.63) is 94.0 Å². The van der Waals surface area contributed by atoms with Crippen molar-refractivity contribution >= 4 is 34.3 Å². The third kappa shape index (κ3) is 3.61. The highest BCUT2D eigenvalue weighted by molar-refractivity contribution is 7.99. The standard InChI is InChI=1S/C24H20N4O2S/c1-16-6-2-5-9-21(16)28(15-17-12-18-7-3-4-8-20(18)25-13-17)23(30)19-14-26-24-27(22(19)29)10-11-31-24/h2-9,12-14H,10-11,15H2,1H3. The second-order valence-corrected chi connectivity index (χ2v) is 8.54. The van der Waals surface area contributed by atoms with E-state index in [1.807, 2.05) is 61.5 Å². The van der Waals surface area contributed by atoms with Crippen LogP contribution in [0.15, 0.2) is 76.9 Å². The first kappa shape index (κ1) is 19.5. The highest BCUT2D eigenvalue weighted by Gasteiger charge is 2.26. The van der Waals surface area contributed by atoms with Crippen LogP contribution in [0.3, 0.4) is 0 Å². The van der Waals surface area contributed by atoms with Gasteiger partial charge in [-0.3, -0.25) is 19.1 Å². The van der Waals surface area contributed by atoms with Gasteiger partial charge >= 0.3 is 0 Å². The molecular weight excluding hydrogens is 408 g/mol.